The van der Waals surface area contributed by atoms with Gasteiger partial charge in [-0.25, -0.2) is 4.52 Å². The molecule has 0 saturated carbocycles. The van der Waals surface area contributed by atoms with E-state index in [0.717, 1.165) is 28.9 Å². The average Bonchev–Trinajstić information content (AvgIpc) is 2.96. The van der Waals surface area contributed by atoms with Crippen molar-refractivity contribution in [1.29, 1.82) is 0 Å². The third-order valence-electron chi connectivity index (χ3n) is 3.48. The van der Waals surface area contributed by atoms with Crippen LogP contribution in [0.1, 0.15) is 24.1 Å². The SMILES string of the molecule is CCNC(c1cncc(OC)c1)c1cnn2ccccc12. The third-order valence-corrected chi connectivity index (χ3v) is 3.48. The highest BCUT2D eigenvalue weighted by Gasteiger charge is 2.18. The van der Waals surface area contributed by atoms with E-state index in [-0.39, 0.29) is 6.04 Å². The first-order valence-electron chi connectivity index (χ1n) is 6.98. The molecule has 0 radical (unpaired) electrons. The Morgan fingerprint density at radius 2 is 2.19 bits per heavy atom. The summed E-state index contributed by atoms with van der Waals surface area (Å²) >= 11 is 0. The maximum absolute atomic E-state index is 5.28. The smallest absolute Gasteiger partial charge is 0.137 e. The van der Waals surface area contributed by atoms with E-state index in [4.69, 9.17) is 4.74 Å². The Morgan fingerprint density at radius 1 is 1.29 bits per heavy atom. The van der Waals surface area contributed by atoms with Crippen LogP contribution in [0, 0.1) is 0 Å². The molecule has 0 aliphatic carbocycles. The second-order valence-corrected chi connectivity index (χ2v) is 4.78. The Bertz CT molecular complexity index is 738. The van der Waals surface area contributed by atoms with E-state index in [0.29, 0.717) is 0 Å². The van der Waals surface area contributed by atoms with E-state index >= 15 is 0 Å². The highest BCUT2D eigenvalue weighted by Crippen LogP contribution is 2.27. The minimum absolute atomic E-state index is 0.0394. The number of fused-ring (bicyclic) bond motifs is 1. The number of rotatable bonds is 5. The second-order valence-electron chi connectivity index (χ2n) is 4.78. The molecule has 0 saturated heterocycles. The molecule has 108 valence electrons. The molecular formula is C16H18N4O. The van der Waals surface area contributed by atoms with Crippen LogP contribution in [0.2, 0.25) is 0 Å². The minimum atomic E-state index is 0.0394. The van der Waals surface area contributed by atoms with Gasteiger partial charge in [-0.2, -0.15) is 5.10 Å². The van der Waals surface area contributed by atoms with Crippen LogP contribution in [0.4, 0.5) is 0 Å². The molecule has 1 N–H and O–H groups in total. The van der Waals surface area contributed by atoms with Crippen molar-refractivity contribution in [3.63, 3.8) is 0 Å². The molecule has 1 atom stereocenters. The van der Waals surface area contributed by atoms with Crippen LogP contribution in [0.5, 0.6) is 5.75 Å². The molecular weight excluding hydrogens is 264 g/mol. The van der Waals surface area contributed by atoms with E-state index in [9.17, 15) is 0 Å². The van der Waals surface area contributed by atoms with Gasteiger partial charge in [0, 0.05) is 18.0 Å². The largest absolute Gasteiger partial charge is 0.495 e. The van der Waals surface area contributed by atoms with Crippen molar-refractivity contribution >= 4 is 5.52 Å². The van der Waals surface area contributed by atoms with Gasteiger partial charge in [0.1, 0.15) is 5.75 Å². The second kappa shape index (κ2) is 5.93. The molecule has 3 rings (SSSR count). The first-order chi connectivity index (χ1) is 10.3. The molecule has 3 aromatic heterocycles. The summed E-state index contributed by atoms with van der Waals surface area (Å²) in [5.41, 5.74) is 3.29. The summed E-state index contributed by atoms with van der Waals surface area (Å²) in [7, 11) is 1.65. The van der Waals surface area contributed by atoms with E-state index < -0.39 is 0 Å². The molecule has 5 heteroatoms. The fourth-order valence-corrected chi connectivity index (χ4v) is 2.49. The lowest BCUT2D eigenvalue weighted by Gasteiger charge is -2.17. The zero-order valence-corrected chi connectivity index (χ0v) is 12.2. The molecule has 21 heavy (non-hydrogen) atoms. The monoisotopic (exact) mass is 282 g/mol. The van der Waals surface area contributed by atoms with Crippen molar-refractivity contribution in [2.75, 3.05) is 13.7 Å². The van der Waals surface area contributed by atoms with Gasteiger partial charge >= 0.3 is 0 Å². The molecule has 3 aromatic rings. The quantitative estimate of drug-likeness (QED) is 0.781. The van der Waals surface area contributed by atoms with Crippen LogP contribution in [0.3, 0.4) is 0 Å². The third kappa shape index (κ3) is 2.60. The number of ether oxygens (including phenoxy) is 1. The number of pyridine rings is 2. The zero-order chi connectivity index (χ0) is 14.7. The minimum Gasteiger partial charge on any atom is -0.495 e. The molecule has 0 bridgehead atoms. The number of hydrogen-bond acceptors (Lipinski definition) is 4. The molecule has 0 aliphatic rings. The maximum Gasteiger partial charge on any atom is 0.137 e. The summed E-state index contributed by atoms with van der Waals surface area (Å²) in [6.45, 7) is 2.94. The predicted molar refractivity (Wildman–Crippen MR) is 81.5 cm³/mol. The highest BCUT2D eigenvalue weighted by molar-refractivity contribution is 5.57. The van der Waals surface area contributed by atoms with Crippen molar-refractivity contribution < 1.29 is 4.74 Å². The van der Waals surface area contributed by atoms with Crippen molar-refractivity contribution in [1.82, 2.24) is 19.9 Å². The number of nitrogens with zero attached hydrogens (tertiary/aromatic N) is 3. The first kappa shape index (κ1) is 13.6. The summed E-state index contributed by atoms with van der Waals surface area (Å²) in [5, 5.41) is 7.91. The van der Waals surface area contributed by atoms with Crippen LogP contribution in [-0.2, 0) is 0 Å². The Kier molecular flexibility index (Phi) is 3.83. The van der Waals surface area contributed by atoms with Gasteiger partial charge in [0.15, 0.2) is 0 Å². The number of methoxy groups -OCH3 is 1. The molecule has 0 amide bonds. The molecule has 0 aliphatic heterocycles. The van der Waals surface area contributed by atoms with Crippen molar-refractivity contribution in [3.05, 3.63) is 60.2 Å². The Labute approximate surface area is 123 Å². The van der Waals surface area contributed by atoms with E-state index in [2.05, 4.69) is 28.4 Å². The number of nitrogens with one attached hydrogen (secondary N) is 1. The summed E-state index contributed by atoms with van der Waals surface area (Å²) in [4.78, 5) is 4.26. The van der Waals surface area contributed by atoms with E-state index in [1.807, 2.05) is 41.3 Å². The average molecular weight is 282 g/mol. The van der Waals surface area contributed by atoms with Gasteiger partial charge in [-0.15, -0.1) is 0 Å². The van der Waals surface area contributed by atoms with Crippen LogP contribution in [0.15, 0.2) is 49.1 Å². The lowest BCUT2D eigenvalue weighted by atomic mass is 10.0. The first-order valence-corrected chi connectivity index (χ1v) is 6.98. The van der Waals surface area contributed by atoms with Gasteiger partial charge < -0.3 is 10.1 Å². The van der Waals surface area contributed by atoms with Crippen molar-refractivity contribution in [3.8, 4) is 5.75 Å². The van der Waals surface area contributed by atoms with Crippen molar-refractivity contribution in [2.24, 2.45) is 0 Å². The Hall–Kier alpha value is -2.40. The van der Waals surface area contributed by atoms with Gasteiger partial charge in [-0.3, -0.25) is 4.98 Å². The maximum atomic E-state index is 5.28. The number of hydrogen-bond donors (Lipinski definition) is 1. The molecule has 3 heterocycles. The standard InChI is InChI=1S/C16H18N4O/c1-3-18-16(12-8-13(21-2)10-17-9-12)14-11-19-20-7-5-4-6-15(14)20/h4-11,16,18H,3H2,1-2H3. The van der Waals surface area contributed by atoms with Gasteiger partial charge in [0.25, 0.3) is 0 Å². The van der Waals surface area contributed by atoms with Gasteiger partial charge in [0.05, 0.1) is 31.1 Å². The van der Waals surface area contributed by atoms with Crippen molar-refractivity contribution in [2.45, 2.75) is 13.0 Å². The van der Waals surface area contributed by atoms with Gasteiger partial charge in [0.2, 0.25) is 0 Å². The lowest BCUT2D eigenvalue weighted by Crippen LogP contribution is -2.22. The molecule has 0 fully saturated rings. The van der Waals surface area contributed by atoms with Crippen LogP contribution in [-0.4, -0.2) is 28.3 Å². The van der Waals surface area contributed by atoms with Crippen LogP contribution in [0.25, 0.3) is 5.52 Å². The highest BCUT2D eigenvalue weighted by atomic mass is 16.5. The molecule has 1 unspecified atom stereocenters. The van der Waals surface area contributed by atoms with Crippen LogP contribution >= 0.6 is 0 Å². The number of aromatic nitrogens is 3. The molecule has 0 aromatic carbocycles. The lowest BCUT2D eigenvalue weighted by molar-refractivity contribution is 0.411. The fraction of sp³-hybridized carbons (Fsp3) is 0.250. The van der Waals surface area contributed by atoms with Crippen LogP contribution < -0.4 is 10.1 Å². The van der Waals surface area contributed by atoms with E-state index in [1.54, 1.807) is 13.3 Å². The molecule has 5 nitrogen and oxygen atoms in total. The predicted octanol–water partition coefficient (Wildman–Crippen LogP) is 2.44. The molecule has 0 spiro atoms. The summed E-state index contributed by atoms with van der Waals surface area (Å²) < 4.78 is 7.16. The topological polar surface area (TPSA) is 51.5 Å². The van der Waals surface area contributed by atoms with E-state index in [1.165, 1.54) is 0 Å². The van der Waals surface area contributed by atoms with Gasteiger partial charge in [-0.1, -0.05) is 13.0 Å². The Balaban J connectivity index is 2.08. The summed E-state index contributed by atoms with van der Waals surface area (Å²) in [5.74, 6) is 0.756. The fourth-order valence-electron chi connectivity index (χ4n) is 2.49. The summed E-state index contributed by atoms with van der Waals surface area (Å²) in [6.07, 6.45) is 7.43. The summed E-state index contributed by atoms with van der Waals surface area (Å²) in [6, 6.07) is 8.11. The zero-order valence-electron chi connectivity index (χ0n) is 12.2. The Morgan fingerprint density at radius 3 is 3.00 bits per heavy atom. The normalized spacial score (nSPS) is 12.5. The van der Waals surface area contributed by atoms with Gasteiger partial charge in [-0.05, 0) is 30.3 Å².